The number of aromatic nitrogens is 3. The molecule has 0 aliphatic carbocycles. The Hall–Kier alpha value is -2.17. The number of hydrogen-bond donors (Lipinski definition) is 0. The van der Waals surface area contributed by atoms with Crippen molar-refractivity contribution in [2.75, 3.05) is 13.1 Å². The Morgan fingerprint density at radius 3 is 2.95 bits per heavy atom. The van der Waals surface area contributed by atoms with E-state index in [1.165, 1.54) is 0 Å². The number of hydrogen-bond acceptors (Lipinski definition) is 3. The SMILES string of the molecule is Cn1ccnc1C1CCCN(C(=O)Cc2ccccn2)C1. The van der Waals surface area contributed by atoms with Gasteiger partial charge in [-0.3, -0.25) is 9.78 Å². The monoisotopic (exact) mass is 284 g/mol. The first-order valence-corrected chi connectivity index (χ1v) is 7.39. The van der Waals surface area contributed by atoms with Gasteiger partial charge in [0.15, 0.2) is 0 Å². The average Bonchev–Trinajstić information content (AvgIpc) is 2.94. The van der Waals surface area contributed by atoms with Crippen molar-refractivity contribution >= 4 is 5.91 Å². The van der Waals surface area contributed by atoms with Gasteiger partial charge >= 0.3 is 0 Å². The summed E-state index contributed by atoms with van der Waals surface area (Å²) >= 11 is 0. The number of carbonyl (C=O) groups is 1. The van der Waals surface area contributed by atoms with E-state index >= 15 is 0 Å². The van der Waals surface area contributed by atoms with Crippen LogP contribution < -0.4 is 0 Å². The largest absolute Gasteiger partial charge is 0.342 e. The summed E-state index contributed by atoms with van der Waals surface area (Å²) in [5.74, 6) is 1.57. The molecule has 1 amide bonds. The Balaban J connectivity index is 1.66. The fourth-order valence-corrected chi connectivity index (χ4v) is 2.95. The van der Waals surface area contributed by atoms with Gasteiger partial charge in [0.1, 0.15) is 5.82 Å². The van der Waals surface area contributed by atoms with Gasteiger partial charge in [0.2, 0.25) is 5.91 Å². The summed E-state index contributed by atoms with van der Waals surface area (Å²) < 4.78 is 2.05. The molecule has 2 aromatic heterocycles. The zero-order valence-corrected chi connectivity index (χ0v) is 12.3. The molecule has 2 aromatic rings. The molecule has 0 saturated carbocycles. The number of imidazole rings is 1. The Bertz CT molecular complexity index is 608. The van der Waals surface area contributed by atoms with Crippen LogP contribution in [0.2, 0.25) is 0 Å². The molecule has 0 N–H and O–H groups in total. The van der Waals surface area contributed by atoms with E-state index in [1.807, 2.05) is 42.5 Å². The van der Waals surface area contributed by atoms with Crippen LogP contribution in [0, 0.1) is 0 Å². The van der Waals surface area contributed by atoms with Gasteiger partial charge in [-0.05, 0) is 25.0 Å². The lowest BCUT2D eigenvalue weighted by atomic mass is 9.96. The standard InChI is InChI=1S/C16H20N4O/c1-19-10-8-18-16(19)13-5-4-9-20(12-13)15(21)11-14-6-2-3-7-17-14/h2-3,6-8,10,13H,4-5,9,11-12H2,1H3. The minimum Gasteiger partial charge on any atom is -0.342 e. The van der Waals surface area contributed by atoms with Crippen LogP contribution in [0.25, 0.3) is 0 Å². The van der Waals surface area contributed by atoms with Crippen LogP contribution in [0.4, 0.5) is 0 Å². The van der Waals surface area contributed by atoms with Gasteiger partial charge in [-0.15, -0.1) is 0 Å². The zero-order chi connectivity index (χ0) is 14.7. The first-order chi connectivity index (χ1) is 10.2. The minimum atomic E-state index is 0.160. The van der Waals surface area contributed by atoms with Gasteiger partial charge < -0.3 is 9.47 Å². The van der Waals surface area contributed by atoms with Crippen LogP contribution in [0.3, 0.4) is 0 Å². The first kappa shape index (κ1) is 13.8. The van der Waals surface area contributed by atoms with E-state index in [1.54, 1.807) is 6.20 Å². The van der Waals surface area contributed by atoms with Crippen LogP contribution in [0.5, 0.6) is 0 Å². The average molecular weight is 284 g/mol. The molecule has 0 aromatic carbocycles. The highest BCUT2D eigenvalue weighted by atomic mass is 16.2. The lowest BCUT2D eigenvalue weighted by Gasteiger charge is -2.32. The molecule has 0 radical (unpaired) electrons. The minimum absolute atomic E-state index is 0.160. The summed E-state index contributed by atoms with van der Waals surface area (Å²) in [7, 11) is 2.01. The molecule has 110 valence electrons. The molecule has 1 unspecified atom stereocenters. The quantitative estimate of drug-likeness (QED) is 0.863. The molecule has 3 heterocycles. The van der Waals surface area contributed by atoms with Crippen LogP contribution in [-0.4, -0.2) is 38.4 Å². The van der Waals surface area contributed by atoms with Gasteiger partial charge in [0.05, 0.1) is 6.42 Å². The topological polar surface area (TPSA) is 51.0 Å². The van der Waals surface area contributed by atoms with Crippen molar-refractivity contribution in [1.29, 1.82) is 0 Å². The molecule has 3 rings (SSSR count). The van der Waals surface area contributed by atoms with Crippen LogP contribution >= 0.6 is 0 Å². The molecular formula is C16H20N4O. The fraction of sp³-hybridized carbons (Fsp3) is 0.438. The van der Waals surface area contributed by atoms with E-state index in [2.05, 4.69) is 14.5 Å². The maximum atomic E-state index is 12.4. The number of amides is 1. The van der Waals surface area contributed by atoms with Crippen molar-refractivity contribution in [2.24, 2.45) is 7.05 Å². The third-order valence-electron chi connectivity index (χ3n) is 4.06. The molecule has 1 fully saturated rings. The molecular weight excluding hydrogens is 264 g/mol. The van der Waals surface area contributed by atoms with Gasteiger partial charge in [0.25, 0.3) is 0 Å². The number of pyridine rings is 1. The molecule has 0 spiro atoms. The Morgan fingerprint density at radius 2 is 2.24 bits per heavy atom. The summed E-state index contributed by atoms with van der Waals surface area (Å²) in [6, 6.07) is 5.69. The highest BCUT2D eigenvalue weighted by Gasteiger charge is 2.26. The molecule has 1 saturated heterocycles. The summed E-state index contributed by atoms with van der Waals surface area (Å²) in [5, 5.41) is 0. The number of nitrogens with zero attached hydrogens (tertiary/aromatic N) is 4. The number of rotatable bonds is 3. The van der Waals surface area contributed by atoms with Crippen molar-refractivity contribution in [3.63, 3.8) is 0 Å². The molecule has 5 nitrogen and oxygen atoms in total. The Morgan fingerprint density at radius 1 is 1.33 bits per heavy atom. The summed E-state index contributed by atoms with van der Waals surface area (Å²) in [6.07, 6.45) is 8.03. The normalized spacial score (nSPS) is 18.7. The first-order valence-electron chi connectivity index (χ1n) is 7.39. The van der Waals surface area contributed by atoms with Crippen LogP contribution in [0.1, 0.15) is 30.3 Å². The molecule has 0 bridgehead atoms. The van der Waals surface area contributed by atoms with Crippen molar-refractivity contribution in [2.45, 2.75) is 25.2 Å². The van der Waals surface area contributed by atoms with E-state index in [-0.39, 0.29) is 5.91 Å². The van der Waals surface area contributed by atoms with Gasteiger partial charge in [-0.2, -0.15) is 0 Å². The number of likely N-dealkylation sites (tertiary alicyclic amines) is 1. The summed E-state index contributed by atoms with van der Waals surface area (Å²) in [4.78, 5) is 23.0. The van der Waals surface area contributed by atoms with Crippen molar-refractivity contribution in [3.8, 4) is 0 Å². The Labute approximate surface area is 124 Å². The lowest BCUT2D eigenvalue weighted by Crippen LogP contribution is -2.40. The van der Waals surface area contributed by atoms with E-state index in [0.29, 0.717) is 12.3 Å². The molecule has 1 aliphatic heterocycles. The number of aryl methyl sites for hydroxylation is 1. The lowest BCUT2D eigenvalue weighted by molar-refractivity contribution is -0.131. The summed E-state index contributed by atoms with van der Waals surface area (Å²) in [6.45, 7) is 1.60. The predicted octanol–water partition coefficient (Wildman–Crippen LogP) is 1.76. The van der Waals surface area contributed by atoms with Gasteiger partial charge in [-0.1, -0.05) is 6.07 Å². The second-order valence-corrected chi connectivity index (χ2v) is 5.57. The number of piperidine rings is 1. The maximum absolute atomic E-state index is 12.4. The highest BCUT2D eigenvalue weighted by molar-refractivity contribution is 5.78. The zero-order valence-electron chi connectivity index (χ0n) is 12.3. The fourth-order valence-electron chi connectivity index (χ4n) is 2.95. The second kappa shape index (κ2) is 6.08. The highest BCUT2D eigenvalue weighted by Crippen LogP contribution is 2.25. The van der Waals surface area contributed by atoms with E-state index < -0.39 is 0 Å². The number of carbonyl (C=O) groups excluding carboxylic acids is 1. The van der Waals surface area contributed by atoms with Crippen molar-refractivity contribution in [1.82, 2.24) is 19.4 Å². The van der Waals surface area contributed by atoms with E-state index in [0.717, 1.165) is 37.4 Å². The van der Waals surface area contributed by atoms with Gasteiger partial charge in [-0.25, -0.2) is 4.98 Å². The van der Waals surface area contributed by atoms with E-state index in [9.17, 15) is 4.79 Å². The second-order valence-electron chi connectivity index (χ2n) is 5.57. The maximum Gasteiger partial charge on any atom is 0.228 e. The van der Waals surface area contributed by atoms with Crippen LogP contribution in [0.15, 0.2) is 36.8 Å². The summed E-state index contributed by atoms with van der Waals surface area (Å²) in [5.41, 5.74) is 0.835. The smallest absolute Gasteiger partial charge is 0.228 e. The van der Waals surface area contributed by atoms with Crippen molar-refractivity contribution < 1.29 is 4.79 Å². The van der Waals surface area contributed by atoms with E-state index in [4.69, 9.17) is 0 Å². The Kier molecular flexibility index (Phi) is 3.99. The molecule has 1 atom stereocenters. The molecule has 5 heteroatoms. The predicted molar refractivity (Wildman–Crippen MR) is 79.7 cm³/mol. The van der Waals surface area contributed by atoms with Gasteiger partial charge in [0, 0.05) is 50.3 Å². The van der Waals surface area contributed by atoms with Crippen molar-refractivity contribution in [3.05, 3.63) is 48.3 Å². The van der Waals surface area contributed by atoms with Crippen LogP contribution in [-0.2, 0) is 18.3 Å². The third-order valence-corrected chi connectivity index (χ3v) is 4.06. The molecule has 1 aliphatic rings. The molecule has 21 heavy (non-hydrogen) atoms. The third kappa shape index (κ3) is 3.12.